The van der Waals surface area contributed by atoms with Gasteiger partial charge in [0.25, 0.3) is 0 Å². The average molecular weight is 283 g/mol. The zero-order chi connectivity index (χ0) is 15.1. The van der Waals surface area contributed by atoms with Crippen molar-refractivity contribution in [2.24, 2.45) is 5.84 Å². The number of nitrogens with two attached hydrogens (primary N) is 1. The van der Waals surface area contributed by atoms with Crippen molar-refractivity contribution in [1.82, 2.24) is 20.3 Å². The number of nitrogens with zero attached hydrogens (tertiary/aromatic N) is 4. The number of nitrogen functional groups attached to an aromatic ring is 1. The van der Waals surface area contributed by atoms with Crippen molar-refractivity contribution in [1.29, 1.82) is 0 Å². The maximum Gasteiger partial charge on any atom is 0.323 e. The van der Waals surface area contributed by atoms with Crippen LogP contribution in [0.25, 0.3) is 0 Å². The van der Waals surface area contributed by atoms with E-state index < -0.39 is 0 Å². The lowest BCUT2D eigenvalue weighted by molar-refractivity contribution is -0.119. The molecule has 1 aromatic heterocycles. The molecule has 112 valence electrons. The van der Waals surface area contributed by atoms with Gasteiger partial charge in [-0.1, -0.05) is 0 Å². The highest BCUT2D eigenvalue weighted by atomic mass is 16.5. The zero-order valence-corrected chi connectivity index (χ0v) is 12.2. The number of hydrogen-bond acceptors (Lipinski definition) is 8. The van der Waals surface area contributed by atoms with Crippen LogP contribution in [-0.2, 0) is 4.79 Å². The molecule has 9 heteroatoms. The largest absolute Gasteiger partial charge is 0.461 e. The molecule has 0 aliphatic rings. The van der Waals surface area contributed by atoms with Crippen molar-refractivity contribution >= 4 is 17.8 Å². The highest BCUT2D eigenvalue weighted by Gasteiger charge is 2.15. The molecule has 1 rings (SSSR count). The summed E-state index contributed by atoms with van der Waals surface area (Å²) in [7, 11) is 1.57. The molecule has 1 amide bonds. The lowest BCUT2D eigenvalue weighted by Crippen LogP contribution is -2.36. The fraction of sp³-hybridized carbons (Fsp3) is 0.636. The van der Waals surface area contributed by atoms with Gasteiger partial charge in [-0.2, -0.15) is 15.0 Å². The molecule has 0 atom stereocenters. The Balaban J connectivity index is 3.03. The summed E-state index contributed by atoms with van der Waals surface area (Å²) in [5.74, 6) is 5.70. The molecule has 1 heterocycles. The van der Waals surface area contributed by atoms with E-state index in [9.17, 15) is 4.79 Å². The molecule has 0 aromatic carbocycles. The van der Waals surface area contributed by atoms with Gasteiger partial charge in [0.15, 0.2) is 0 Å². The maximum absolute atomic E-state index is 11.5. The van der Waals surface area contributed by atoms with Gasteiger partial charge >= 0.3 is 6.01 Å². The van der Waals surface area contributed by atoms with Crippen LogP contribution in [0.3, 0.4) is 0 Å². The number of likely N-dealkylation sites (N-methyl/N-ethyl adjacent to an activating group) is 2. The summed E-state index contributed by atoms with van der Waals surface area (Å²) < 4.78 is 5.44. The van der Waals surface area contributed by atoms with Gasteiger partial charge in [-0.05, 0) is 20.8 Å². The standard InChI is InChI=1S/C11H21N7O2/c1-5-18(6-8(19)13-4)10-14-9(17-12)15-11(16-10)20-7(2)3/h7H,5-6,12H2,1-4H3,(H,13,19)(H,14,15,16,17). The number of ether oxygens (including phenoxy) is 1. The van der Waals surface area contributed by atoms with Gasteiger partial charge in [-0.25, -0.2) is 5.84 Å². The molecular weight excluding hydrogens is 262 g/mol. The zero-order valence-electron chi connectivity index (χ0n) is 12.2. The first-order valence-electron chi connectivity index (χ1n) is 6.35. The molecular formula is C11H21N7O2. The minimum Gasteiger partial charge on any atom is -0.461 e. The van der Waals surface area contributed by atoms with Gasteiger partial charge in [0.05, 0.1) is 12.6 Å². The lowest BCUT2D eigenvalue weighted by atomic mass is 10.5. The molecule has 0 radical (unpaired) electrons. The van der Waals surface area contributed by atoms with Crippen molar-refractivity contribution in [3.05, 3.63) is 0 Å². The first-order valence-corrected chi connectivity index (χ1v) is 6.35. The maximum atomic E-state index is 11.5. The van der Waals surface area contributed by atoms with E-state index in [4.69, 9.17) is 10.6 Å². The molecule has 0 aliphatic heterocycles. The van der Waals surface area contributed by atoms with Crippen LogP contribution >= 0.6 is 0 Å². The summed E-state index contributed by atoms with van der Waals surface area (Å²) in [6.45, 7) is 6.32. The quantitative estimate of drug-likeness (QED) is 0.453. The Morgan fingerprint density at radius 1 is 1.40 bits per heavy atom. The Kier molecular flexibility index (Phi) is 5.91. The molecule has 0 saturated heterocycles. The number of rotatable bonds is 7. The van der Waals surface area contributed by atoms with E-state index in [2.05, 4.69) is 25.7 Å². The summed E-state index contributed by atoms with van der Waals surface area (Å²) in [5, 5.41) is 2.55. The van der Waals surface area contributed by atoms with Crippen LogP contribution in [0, 0.1) is 0 Å². The van der Waals surface area contributed by atoms with E-state index in [1.54, 1.807) is 11.9 Å². The third-order valence-corrected chi connectivity index (χ3v) is 2.35. The van der Waals surface area contributed by atoms with Gasteiger partial charge in [0.2, 0.25) is 17.8 Å². The molecule has 9 nitrogen and oxygen atoms in total. The van der Waals surface area contributed by atoms with Gasteiger partial charge in [-0.15, -0.1) is 0 Å². The second-order valence-corrected chi connectivity index (χ2v) is 4.24. The number of anilines is 2. The van der Waals surface area contributed by atoms with Gasteiger partial charge < -0.3 is 15.0 Å². The predicted molar refractivity (Wildman–Crippen MR) is 75.4 cm³/mol. The van der Waals surface area contributed by atoms with Crippen LogP contribution in [0.1, 0.15) is 20.8 Å². The van der Waals surface area contributed by atoms with Crippen LogP contribution in [-0.4, -0.2) is 47.1 Å². The van der Waals surface area contributed by atoms with Crippen LogP contribution < -0.4 is 26.2 Å². The normalized spacial score (nSPS) is 10.3. The first-order chi connectivity index (χ1) is 9.49. The first kappa shape index (κ1) is 15.9. The van der Waals surface area contributed by atoms with Crippen LogP contribution in [0.15, 0.2) is 0 Å². The SMILES string of the molecule is CCN(CC(=O)NC)c1nc(NN)nc(OC(C)C)n1. The molecule has 4 N–H and O–H groups in total. The molecule has 0 spiro atoms. The highest BCUT2D eigenvalue weighted by molar-refractivity contribution is 5.80. The fourth-order valence-electron chi connectivity index (χ4n) is 1.39. The van der Waals surface area contributed by atoms with Crippen molar-refractivity contribution in [3.8, 4) is 6.01 Å². The number of aromatic nitrogens is 3. The molecule has 0 saturated carbocycles. The Bertz CT molecular complexity index is 452. The summed E-state index contributed by atoms with van der Waals surface area (Å²) in [6.07, 6.45) is -0.0788. The topological polar surface area (TPSA) is 118 Å². The van der Waals surface area contributed by atoms with Crippen LogP contribution in [0.2, 0.25) is 0 Å². The minimum atomic E-state index is -0.138. The lowest BCUT2D eigenvalue weighted by Gasteiger charge is -2.20. The highest BCUT2D eigenvalue weighted by Crippen LogP contribution is 2.15. The van der Waals surface area contributed by atoms with Gasteiger partial charge in [0, 0.05) is 13.6 Å². The van der Waals surface area contributed by atoms with E-state index in [0.29, 0.717) is 12.5 Å². The smallest absolute Gasteiger partial charge is 0.323 e. The second-order valence-electron chi connectivity index (χ2n) is 4.24. The second kappa shape index (κ2) is 7.43. The van der Waals surface area contributed by atoms with E-state index >= 15 is 0 Å². The minimum absolute atomic E-state index is 0.0788. The molecule has 0 aliphatic carbocycles. The number of carbonyl (C=O) groups is 1. The molecule has 0 unspecified atom stereocenters. The third-order valence-electron chi connectivity index (χ3n) is 2.35. The van der Waals surface area contributed by atoms with Crippen molar-refractivity contribution < 1.29 is 9.53 Å². The van der Waals surface area contributed by atoms with Gasteiger partial charge in [0.1, 0.15) is 0 Å². The molecule has 1 aromatic rings. The molecule has 0 bridgehead atoms. The molecule has 0 fully saturated rings. The fourth-order valence-corrected chi connectivity index (χ4v) is 1.39. The number of carbonyl (C=O) groups excluding carboxylic acids is 1. The Hall–Kier alpha value is -2.16. The van der Waals surface area contributed by atoms with Crippen molar-refractivity contribution in [2.45, 2.75) is 26.9 Å². The summed E-state index contributed by atoms with van der Waals surface area (Å²) in [5.41, 5.74) is 2.36. The van der Waals surface area contributed by atoms with E-state index in [-0.39, 0.29) is 30.5 Å². The summed E-state index contributed by atoms with van der Waals surface area (Å²) in [6, 6.07) is 0.160. The summed E-state index contributed by atoms with van der Waals surface area (Å²) >= 11 is 0. The predicted octanol–water partition coefficient (Wildman–Crippen LogP) is -0.483. The summed E-state index contributed by atoms with van der Waals surface area (Å²) in [4.78, 5) is 25.5. The third kappa shape index (κ3) is 4.50. The van der Waals surface area contributed by atoms with E-state index in [1.165, 1.54) is 0 Å². The number of hydrazine groups is 1. The number of amides is 1. The Labute approximate surface area is 117 Å². The van der Waals surface area contributed by atoms with Gasteiger partial charge in [-0.3, -0.25) is 10.2 Å². The Morgan fingerprint density at radius 3 is 2.60 bits per heavy atom. The van der Waals surface area contributed by atoms with Crippen LogP contribution in [0.5, 0.6) is 6.01 Å². The van der Waals surface area contributed by atoms with E-state index in [1.807, 2.05) is 20.8 Å². The molecule has 20 heavy (non-hydrogen) atoms. The number of nitrogens with one attached hydrogen (secondary N) is 2. The monoisotopic (exact) mass is 283 g/mol. The average Bonchev–Trinajstić information content (AvgIpc) is 2.43. The number of hydrogen-bond donors (Lipinski definition) is 3. The Morgan fingerprint density at radius 2 is 2.10 bits per heavy atom. The van der Waals surface area contributed by atoms with E-state index in [0.717, 1.165) is 0 Å². The van der Waals surface area contributed by atoms with Crippen molar-refractivity contribution in [3.63, 3.8) is 0 Å². The van der Waals surface area contributed by atoms with Crippen LogP contribution in [0.4, 0.5) is 11.9 Å². The van der Waals surface area contributed by atoms with Crippen molar-refractivity contribution in [2.75, 3.05) is 30.5 Å².